The Hall–Kier alpha value is -1.70. The highest BCUT2D eigenvalue weighted by atomic mass is 14.9. The lowest BCUT2D eigenvalue weighted by atomic mass is 10.0. The van der Waals surface area contributed by atoms with E-state index in [9.17, 15) is 0 Å². The van der Waals surface area contributed by atoms with Crippen molar-refractivity contribution in [1.82, 2.24) is 9.97 Å². The molecule has 1 aromatic carbocycles. The molecule has 1 aromatic heterocycles. The largest absolute Gasteiger partial charge is 0.236 e. The van der Waals surface area contributed by atoms with Crippen LogP contribution in [0.15, 0.2) is 36.7 Å². The predicted molar refractivity (Wildman–Crippen MR) is 159 cm³/mol. The van der Waals surface area contributed by atoms with Crippen LogP contribution in [0.4, 0.5) is 0 Å². The predicted octanol–water partition coefficient (Wildman–Crippen LogP) is 11.1. The first kappa shape index (κ1) is 30.5. The lowest BCUT2D eigenvalue weighted by molar-refractivity contribution is 0.544. The molecule has 2 heteroatoms. The Bertz CT molecular complexity index is 735. The molecule has 2 rings (SSSR count). The second-order valence-corrected chi connectivity index (χ2v) is 11.0. The molecule has 1 heterocycles. The molecule has 0 fully saturated rings. The normalized spacial score (nSPS) is 11.3. The number of aromatic nitrogens is 2. The molecule has 0 unspecified atom stereocenters. The SMILES string of the molecule is CCCCCCCCCCCCCCc1cnc(-c2ccc(CCCCCCCCCC)cc2)nc1. The summed E-state index contributed by atoms with van der Waals surface area (Å²) in [5, 5.41) is 0. The van der Waals surface area contributed by atoms with Crippen molar-refractivity contribution in [3.05, 3.63) is 47.8 Å². The van der Waals surface area contributed by atoms with E-state index in [1.54, 1.807) is 0 Å². The van der Waals surface area contributed by atoms with E-state index in [-0.39, 0.29) is 0 Å². The van der Waals surface area contributed by atoms with E-state index in [1.165, 1.54) is 146 Å². The third-order valence-electron chi connectivity index (χ3n) is 7.56. The maximum Gasteiger partial charge on any atom is 0.159 e. The van der Waals surface area contributed by atoms with Gasteiger partial charge < -0.3 is 0 Å². The molecule has 2 aromatic rings. The van der Waals surface area contributed by atoms with Gasteiger partial charge in [0.15, 0.2) is 5.82 Å². The van der Waals surface area contributed by atoms with E-state index in [4.69, 9.17) is 0 Å². The van der Waals surface area contributed by atoms with Gasteiger partial charge in [0.05, 0.1) is 0 Å². The van der Waals surface area contributed by atoms with Gasteiger partial charge in [-0.3, -0.25) is 0 Å². The summed E-state index contributed by atoms with van der Waals surface area (Å²) in [6, 6.07) is 8.92. The van der Waals surface area contributed by atoms with Gasteiger partial charge in [-0.1, -0.05) is 154 Å². The molecule has 0 aliphatic rings. The second-order valence-electron chi connectivity index (χ2n) is 11.0. The molecule has 0 aliphatic carbocycles. The Morgan fingerprint density at radius 2 is 0.778 bits per heavy atom. The summed E-state index contributed by atoms with van der Waals surface area (Å²) in [7, 11) is 0. The summed E-state index contributed by atoms with van der Waals surface area (Å²) < 4.78 is 0. The van der Waals surface area contributed by atoms with Gasteiger partial charge in [0.25, 0.3) is 0 Å². The van der Waals surface area contributed by atoms with Crippen molar-refractivity contribution in [3.8, 4) is 11.4 Å². The molecule has 202 valence electrons. The Labute approximate surface area is 224 Å². The van der Waals surface area contributed by atoms with Crippen LogP contribution in [-0.2, 0) is 12.8 Å². The third kappa shape index (κ3) is 14.8. The van der Waals surface area contributed by atoms with Crippen LogP contribution in [0.2, 0.25) is 0 Å². The van der Waals surface area contributed by atoms with E-state index in [1.807, 2.05) is 12.4 Å². The summed E-state index contributed by atoms with van der Waals surface area (Å²) in [6.45, 7) is 4.58. The smallest absolute Gasteiger partial charge is 0.159 e. The molecule has 0 saturated carbocycles. The Morgan fingerprint density at radius 1 is 0.417 bits per heavy atom. The van der Waals surface area contributed by atoms with Gasteiger partial charge in [0.2, 0.25) is 0 Å². The summed E-state index contributed by atoms with van der Waals surface area (Å²) in [5.41, 5.74) is 3.84. The van der Waals surface area contributed by atoms with E-state index in [2.05, 4.69) is 48.1 Å². The van der Waals surface area contributed by atoms with Crippen molar-refractivity contribution in [2.45, 2.75) is 155 Å². The molecule has 0 saturated heterocycles. The van der Waals surface area contributed by atoms with Crippen molar-refractivity contribution in [3.63, 3.8) is 0 Å². The molecule has 0 aliphatic heterocycles. The molecule has 0 spiro atoms. The minimum atomic E-state index is 0.854. The number of benzene rings is 1. The molecule has 0 amide bonds. The van der Waals surface area contributed by atoms with Crippen LogP contribution in [-0.4, -0.2) is 9.97 Å². The topological polar surface area (TPSA) is 25.8 Å². The number of nitrogens with zero attached hydrogens (tertiary/aromatic N) is 2. The van der Waals surface area contributed by atoms with Gasteiger partial charge in [0.1, 0.15) is 0 Å². The summed E-state index contributed by atoms with van der Waals surface area (Å²) in [4.78, 5) is 9.32. The van der Waals surface area contributed by atoms with E-state index in [0.29, 0.717) is 0 Å². The maximum absolute atomic E-state index is 4.66. The fourth-order valence-electron chi connectivity index (χ4n) is 5.09. The van der Waals surface area contributed by atoms with Crippen molar-refractivity contribution < 1.29 is 0 Å². The second kappa shape index (κ2) is 21.4. The maximum atomic E-state index is 4.66. The first-order valence-corrected chi connectivity index (χ1v) is 15.7. The molecule has 0 radical (unpaired) electrons. The zero-order valence-electron chi connectivity index (χ0n) is 23.9. The van der Waals surface area contributed by atoms with Crippen LogP contribution in [0.1, 0.15) is 153 Å². The van der Waals surface area contributed by atoms with Crippen LogP contribution in [0.25, 0.3) is 11.4 Å². The third-order valence-corrected chi connectivity index (χ3v) is 7.56. The van der Waals surface area contributed by atoms with Crippen molar-refractivity contribution in [1.29, 1.82) is 0 Å². The molecular formula is C34H56N2. The van der Waals surface area contributed by atoms with Gasteiger partial charge in [-0.2, -0.15) is 0 Å². The summed E-state index contributed by atoms with van der Waals surface area (Å²) in [6.07, 6.45) is 34.2. The Kier molecular flexibility index (Phi) is 18.1. The number of hydrogen-bond acceptors (Lipinski definition) is 2. The minimum Gasteiger partial charge on any atom is -0.236 e. The van der Waals surface area contributed by atoms with Gasteiger partial charge >= 0.3 is 0 Å². The van der Waals surface area contributed by atoms with E-state index >= 15 is 0 Å². The van der Waals surface area contributed by atoms with E-state index in [0.717, 1.165) is 17.8 Å². The fourth-order valence-corrected chi connectivity index (χ4v) is 5.09. The summed E-state index contributed by atoms with van der Waals surface area (Å²) >= 11 is 0. The first-order valence-electron chi connectivity index (χ1n) is 15.7. The van der Waals surface area contributed by atoms with Gasteiger partial charge in [0, 0.05) is 18.0 Å². The van der Waals surface area contributed by atoms with Gasteiger partial charge in [-0.05, 0) is 36.8 Å². The van der Waals surface area contributed by atoms with Crippen LogP contribution in [0.5, 0.6) is 0 Å². The number of unbranched alkanes of at least 4 members (excludes halogenated alkanes) is 18. The summed E-state index contributed by atoms with van der Waals surface area (Å²) in [5.74, 6) is 0.854. The minimum absolute atomic E-state index is 0.854. The lowest BCUT2D eigenvalue weighted by Gasteiger charge is -2.06. The van der Waals surface area contributed by atoms with Crippen LogP contribution in [0, 0.1) is 0 Å². The monoisotopic (exact) mass is 492 g/mol. The van der Waals surface area contributed by atoms with Crippen molar-refractivity contribution in [2.24, 2.45) is 0 Å². The van der Waals surface area contributed by atoms with Gasteiger partial charge in [-0.15, -0.1) is 0 Å². The quantitative estimate of drug-likeness (QED) is 0.144. The van der Waals surface area contributed by atoms with Crippen LogP contribution < -0.4 is 0 Å². The highest BCUT2D eigenvalue weighted by Gasteiger charge is 2.03. The number of hydrogen-bond donors (Lipinski definition) is 0. The average Bonchev–Trinajstić information content (AvgIpc) is 2.91. The molecule has 36 heavy (non-hydrogen) atoms. The Balaban J connectivity index is 1.52. The lowest BCUT2D eigenvalue weighted by Crippen LogP contribution is -1.94. The zero-order chi connectivity index (χ0) is 25.5. The molecular weight excluding hydrogens is 436 g/mol. The first-order chi connectivity index (χ1) is 17.8. The van der Waals surface area contributed by atoms with Crippen molar-refractivity contribution in [2.75, 3.05) is 0 Å². The molecule has 0 atom stereocenters. The van der Waals surface area contributed by atoms with E-state index < -0.39 is 0 Å². The molecule has 2 nitrogen and oxygen atoms in total. The standard InChI is InChI=1S/C34H56N2/c1-3-5-7-9-11-13-14-15-16-18-20-22-24-32-29-35-34(36-30-32)33-27-25-31(26-28-33)23-21-19-17-12-10-8-6-4-2/h25-30H,3-24H2,1-2H3. The average molecular weight is 493 g/mol. The van der Waals surface area contributed by atoms with Crippen LogP contribution >= 0.6 is 0 Å². The highest BCUT2D eigenvalue weighted by molar-refractivity contribution is 5.55. The highest BCUT2D eigenvalue weighted by Crippen LogP contribution is 2.18. The fraction of sp³-hybridized carbons (Fsp3) is 0.706. The van der Waals surface area contributed by atoms with Gasteiger partial charge in [-0.25, -0.2) is 9.97 Å². The zero-order valence-corrected chi connectivity index (χ0v) is 23.9. The molecule has 0 N–H and O–H groups in total. The Morgan fingerprint density at radius 3 is 1.19 bits per heavy atom. The number of rotatable bonds is 23. The molecule has 0 bridgehead atoms. The number of aryl methyl sites for hydroxylation is 2. The van der Waals surface area contributed by atoms with Crippen LogP contribution in [0.3, 0.4) is 0 Å². The van der Waals surface area contributed by atoms with Crippen molar-refractivity contribution >= 4 is 0 Å².